The molecule has 0 saturated heterocycles. The Balaban J connectivity index is 2.28. The molecule has 0 aromatic carbocycles. The van der Waals surface area contributed by atoms with Crippen molar-refractivity contribution < 1.29 is 5.11 Å². The predicted octanol–water partition coefficient (Wildman–Crippen LogP) is 3.49. The molecule has 0 spiro atoms. The Morgan fingerprint density at radius 3 is 2.80 bits per heavy atom. The average molecular weight is 239 g/mol. The Bertz CT molecular complexity index is 445. The van der Waals surface area contributed by atoms with E-state index in [1.165, 1.54) is 21.1 Å². The van der Waals surface area contributed by atoms with Crippen molar-refractivity contribution in [2.45, 2.75) is 26.4 Å². The molecule has 0 fully saturated rings. The number of nitrogens with zero attached hydrogens (tertiary/aromatic N) is 1. The van der Waals surface area contributed by atoms with Crippen molar-refractivity contribution in [2.75, 3.05) is 0 Å². The van der Waals surface area contributed by atoms with Gasteiger partial charge < -0.3 is 5.11 Å². The van der Waals surface area contributed by atoms with Gasteiger partial charge in [0, 0.05) is 10.3 Å². The van der Waals surface area contributed by atoms with E-state index in [4.69, 9.17) is 0 Å². The van der Waals surface area contributed by atoms with Gasteiger partial charge in [0.15, 0.2) is 0 Å². The number of aryl methyl sites for hydroxylation is 1. The highest BCUT2D eigenvalue weighted by Gasteiger charge is 2.09. The van der Waals surface area contributed by atoms with Crippen LogP contribution < -0.4 is 0 Å². The zero-order chi connectivity index (χ0) is 10.8. The molecule has 1 unspecified atom stereocenters. The molecule has 0 amide bonds. The lowest BCUT2D eigenvalue weighted by Crippen LogP contribution is -1.88. The minimum atomic E-state index is -0.464. The number of thiazole rings is 1. The van der Waals surface area contributed by atoms with E-state index < -0.39 is 6.10 Å². The van der Waals surface area contributed by atoms with Crippen LogP contribution in [0.4, 0.5) is 0 Å². The first-order valence-corrected chi connectivity index (χ1v) is 6.63. The van der Waals surface area contributed by atoms with Crippen molar-refractivity contribution >= 4 is 22.7 Å². The van der Waals surface area contributed by atoms with Crippen LogP contribution >= 0.6 is 22.7 Å². The molecule has 0 aliphatic rings. The summed E-state index contributed by atoms with van der Waals surface area (Å²) in [7, 11) is 0. The van der Waals surface area contributed by atoms with Gasteiger partial charge in [0.1, 0.15) is 11.1 Å². The lowest BCUT2D eigenvalue weighted by atomic mass is 10.3. The minimum absolute atomic E-state index is 0.464. The standard InChI is InChI=1S/C11H13NOS2/c1-3-8-4-5-10(15-8)9-6-14-11(12-9)7(2)13/h4-7,13H,3H2,1-2H3. The molecular formula is C11H13NOS2. The molecule has 0 radical (unpaired) electrons. The maximum Gasteiger partial charge on any atom is 0.122 e. The molecule has 0 saturated carbocycles. The smallest absolute Gasteiger partial charge is 0.122 e. The fourth-order valence-electron chi connectivity index (χ4n) is 1.30. The van der Waals surface area contributed by atoms with Gasteiger partial charge in [0.2, 0.25) is 0 Å². The van der Waals surface area contributed by atoms with Gasteiger partial charge in [-0.3, -0.25) is 0 Å². The normalized spacial score (nSPS) is 13.0. The van der Waals surface area contributed by atoms with Crippen LogP contribution in [0.5, 0.6) is 0 Å². The summed E-state index contributed by atoms with van der Waals surface area (Å²) in [5.41, 5.74) is 0.987. The van der Waals surface area contributed by atoms with Gasteiger partial charge in [-0.15, -0.1) is 22.7 Å². The van der Waals surface area contributed by atoms with Crippen molar-refractivity contribution in [3.63, 3.8) is 0 Å². The van der Waals surface area contributed by atoms with E-state index in [0.717, 1.165) is 17.1 Å². The van der Waals surface area contributed by atoms with Crippen LogP contribution in [-0.2, 0) is 6.42 Å². The summed E-state index contributed by atoms with van der Waals surface area (Å²) in [5, 5.41) is 12.2. The molecule has 2 aromatic rings. The van der Waals surface area contributed by atoms with Crippen LogP contribution in [0.3, 0.4) is 0 Å². The molecule has 1 atom stereocenters. The predicted molar refractivity (Wildman–Crippen MR) is 65.4 cm³/mol. The second-order valence-electron chi connectivity index (χ2n) is 3.37. The van der Waals surface area contributed by atoms with Crippen molar-refractivity contribution in [2.24, 2.45) is 0 Å². The third kappa shape index (κ3) is 2.27. The molecule has 0 bridgehead atoms. The zero-order valence-electron chi connectivity index (χ0n) is 8.73. The number of aliphatic hydroxyl groups is 1. The highest BCUT2D eigenvalue weighted by Crippen LogP contribution is 2.30. The topological polar surface area (TPSA) is 33.1 Å². The molecule has 4 heteroatoms. The quantitative estimate of drug-likeness (QED) is 0.889. The first-order valence-electron chi connectivity index (χ1n) is 4.93. The highest BCUT2D eigenvalue weighted by molar-refractivity contribution is 7.16. The van der Waals surface area contributed by atoms with E-state index >= 15 is 0 Å². The van der Waals surface area contributed by atoms with E-state index in [0.29, 0.717) is 0 Å². The van der Waals surface area contributed by atoms with Crippen molar-refractivity contribution in [3.8, 4) is 10.6 Å². The fourth-order valence-corrected chi connectivity index (χ4v) is 3.04. The maximum atomic E-state index is 9.39. The minimum Gasteiger partial charge on any atom is -0.386 e. The lowest BCUT2D eigenvalue weighted by molar-refractivity contribution is 0.199. The molecule has 1 N–H and O–H groups in total. The highest BCUT2D eigenvalue weighted by atomic mass is 32.1. The SMILES string of the molecule is CCc1ccc(-c2csc(C(C)O)n2)s1. The zero-order valence-corrected chi connectivity index (χ0v) is 10.4. The summed E-state index contributed by atoms with van der Waals surface area (Å²) in [6.45, 7) is 3.90. The summed E-state index contributed by atoms with van der Waals surface area (Å²) in [5.74, 6) is 0. The van der Waals surface area contributed by atoms with Gasteiger partial charge in [-0.05, 0) is 25.5 Å². The third-order valence-corrected chi connectivity index (χ3v) is 4.41. The molecule has 0 aliphatic carbocycles. The largest absolute Gasteiger partial charge is 0.386 e. The summed E-state index contributed by atoms with van der Waals surface area (Å²) >= 11 is 3.29. The first kappa shape index (κ1) is 10.8. The molecular weight excluding hydrogens is 226 g/mol. The molecule has 2 nitrogen and oxygen atoms in total. The number of hydrogen-bond donors (Lipinski definition) is 1. The van der Waals surface area contributed by atoms with Crippen LogP contribution in [0.2, 0.25) is 0 Å². The number of thiophene rings is 1. The molecule has 2 heterocycles. The molecule has 2 rings (SSSR count). The summed E-state index contributed by atoms with van der Waals surface area (Å²) in [6.07, 6.45) is 0.604. The summed E-state index contributed by atoms with van der Waals surface area (Å²) in [4.78, 5) is 6.97. The second kappa shape index (κ2) is 4.43. The van der Waals surface area contributed by atoms with Gasteiger partial charge in [-0.2, -0.15) is 0 Å². The number of hydrogen-bond acceptors (Lipinski definition) is 4. The third-order valence-electron chi connectivity index (χ3n) is 2.14. The molecule has 15 heavy (non-hydrogen) atoms. The monoisotopic (exact) mass is 239 g/mol. The van der Waals surface area contributed by atoms with Crippen molar-refractivity contribution in [1.82, 2.24) is 4.98 Å². The van der Waals surface area contributed by atoms with E-state index in [-0.39, 0.29) is 0 Å². The van der Waals surface area contributed by atoms with Gasteiger partial charge >= 0.3 is 0 Å². The molecule has 80 valence electrons. The van der Waals surface area contributed by atoms with Crippen LogP contribution in [0.25, 0.3) is 10.6 Å². The Labute approximate surface area is 97.2 Å². The number of aliphatic hydroxyl groups excluding tert-OH is 1. The molecule has 0 aliphatic heterocycles. The summed E-state index contributed by atoms with van der Waals surface area (Å²) < 4.78 is 0. The average Bonchev–Trinajstić information content (AvgIpc) is 2.86. The van der Waals surface area contributed by atoms with Crippen LogP contribution in [0.1, 0.15) is 29.8 Å². The second-order valence-corrected chi connectivity index (χ2v) is 5.42. The van der Waals surface area contributed by atoms with Gasteiger partial charge in [-0.25, -0.2) is 4.98 Å². The van der Waals surface area contributed by atoms with Crippen molar-refractivity contribution in [3.05, 3.63) is 27.4 Å². The lowest BCUT2D eigenvalue weighted by Gasteiger charge is -1.95. The Kier molecular flexibility index (Phi) is 3.19. The van der Waals surface area contributed by atoms with Crippen molar-refractivity contribution in [1.29, 1.82) is 0 Å². The molecule has 2 aromatic heterocycles. The fraction of sp³-hybridized carbons (Fsp3) is 0.364. The number of aromatic nitrogens is 1. The number of rotatable bonds is 3. The van der Waals surface area contributed by atoms with E-state index in [1.807, 2.05) is 5.38 Å². The summed E-state index contributed by atoms with van der Waals surface area (Å²) in [6, 6.07) is 4.24. The van der Waals surface area contributed by atoms with Gasteiger partial charge in [0.05, 0.1) is 10.6 Å². The van der Waals surface area contributed by atoms with E-state index in [9.17, 15) is 5.11 Å². The van der Waals surface area contributed by atoms with E-state index in [2.05, 4.69) is 24.0 Å². The first-order chi connectivity index (χ1) is 7.20. The van der Waals surface area contributed by atoms with Gasteiger partial charge in [-0.1, -0.05) is 6.92 Å². The van der Waals surface area contributed by atoms with Crippen LogP contribution in [0, 0.1) is 0 Å². The van der Waals surface area contributed by atoms with Crippen LogP contribution in [-0.4, -0.2) is 10.1 Å². The van der Waals surface area contributed by atoms with Crippen LogP contribution in [0.15, 0.2) is 17.5 Å². The Hall–Kier alpha value is -0.710. The van der Waals surface area contributed by atoms with Gasteiger partial charge in [0.25, 0.3) is 0 Å². The Morgan fingerprint density at radius 1 is 1.47 bits per heavy atom. The Morgan fingerprint density at radius 2 is 2.27 bits per heavy atom. The van der Waals surface area contributed by atoms with E-state index in [1.54, 1.807) is 18.3 Å². The maximum absolute atomic E-state index is 9.39.